The van der Waals surface area contributed by atoms with E-state index >= 15 is 0 Å². The van der Waals surface area contributed by atoms with E-state index in [-0.39, 0.29) is 12.5 Å². The molecule has 1 rings (SSSR count). The predicted octanol–water partition coefficient (Wildman–Crippen LogP) is 3.74. The van der Waals surface area contributed by atoms with Crippen LogP contribution in [0.3, 0.4) is 0 Å². The molecular weight excluding hydrogens is 267 g/mol. The predicted molar refractivity (Wildman–Crippen MR) is 73.8 cm³/mol. The first-order valence-electron chi connectivity index (χ1n) is 6.93. The maximum Gasteiger partial charge on any atom is 0.411 e. The van der Waals surface area contributed by atoms with Gasteiger partial charge in [0.1, 0.15) is 6.61 Å². The van der Waals surface area contributed by atoms with E-state index in [0.717, 1.165) is 25.1 Å². The minimum absolute atomic E-state index is 0.118. The fourth-order valence-corrected chi connectivity index (χ4v) is 1.98. The zero-order valence-electron chi connectivity index (χ0n) is 11.7. The van der Waals surface area contributed by atoms with Crippen molar-refractivity contribution < 1.29 is 17.9 Å². The summed E-state index contributed by atoms with van der Waals surface area (Å²) >= 11 is 0. The molecule has 0 saturated heterocycles. The number of alkyl halides is 3. The van der Waals surface area contributed by atoms with Gasteiger partial charge < -0.3 is 10.1 Å². The van der Waals surface area contributed by atoms with Gasteiger partial charge in [-0.05, 0) is 30.9 Å². The van der Waals surface area contributed by atoms with Crippen LogP contribution in [0, 0.1) is 0 Å². The lowest BCUT2D eigenvalue weighted by molar-refractivity contribution is -0.174. The van der Waals surface area contributed by atoms with Gasteiger partial charge in [0.05, 0.1) is 0 Å². The number of benzene rings is 1. The van der Waals surface area contributed by atoms with Gasteiger partial charge in [0.15, 0.2) is 0 Å². The summed E-state index contributed by atoms with van der Waals surface area (Å²) in [5.41, 5.74) is 1.13. The van der Waals surface area contributed by atoms with Crippen LogP contribution >= 0.6 is 0 Å². The Labute approximate surface area is 118 Å². The normalized spacial score (nSPS) is 13.4. The highest BCUT2D eigenvalue weighted by molar-refractivity contribution is 5.19. The summed E-state index contributed by atoms with van der Waals surface area (Å²) in [4.78, 5) is 0. The van der Waals surface area contributed by atoms with Gasteiger partial charge in [0.25, 0.3) is 0 Å². The van der Waals surface area contributed by atoms with Gasteiger partial charge in [0.2, 0.25) is 0 Å². The van der Waals surface area contributed by atoms with Gasteiger partial charge >= 0.3 is 6.18 Å². The summed E-state index contributed by atoms with van der Waals surface area (Å²) in [5.74, 6) is 0.177. The number of nitrogens with one attached hydrogen (secondary N) is 1. The minimum atomic E-state index is -4.25. The first kappa shape index (κ1) is 17.0. The van der Waals surface area contributed by atoms with Crippen LogP contribution in [0.5, 0.6) is 0 Å². The summed E-state index contributed by atoms with van der Waals surface area (Å²) in [7, 11) is 0. The lowest BCUT2D eigenvalue weighted by atomic mass is 9.96. The Hall–Kier alpha value is -1.07. The van der Waals surface area contributed by atoms with Crippen LogP contribution in [0.25, 0.3) is 0 Å². The summed E-state index contributed by atoms with van der Waals surface area (Å²) in [6, 6.07) is 9.82. The van der Waals surface area contributed by atoms with Crippen molar-refractivity contribution in [2.75, 3.05) is 26.3 Å². The van der Waals surface area contributed by atoms with Gasteiger partial charge in [0, 0.05) is 13.2 Å². The van der Waals surface area contributed by atoms with Crippen LogP contribution < -0.4 is 5.32 Å². The van der Waals surface area contributed by atoms with Crippen molar-refractivity contribution >= 4 is 0 Å². The highest BCUT2D eigenvalue weighted by Crippen LogP contribution is 2.20. The molecular formula is C15H22F3NO. The summed E-state index contributed by atoms with van der Waals surface area (Å²) < 4.78 is 40.7. The third-order valence-electron chi connectivity index (χ3n) is 2.96. The topological polar surface area (TPSA) is 21.3 Å². The largest absolute Gasteiger partial charge is 0.411 e. The fraction of sp³-hybridized carbons (Fsp3) is 0.600. The van der Waals surface area contributed by atoms with E-state index in [1.54, 1.807) is 0 Å². The Kier molecular flexibility index (Phi) is 7.62. The molecule has 0 heterocycles. The summed E-state index contributed by atoms with van der Waals surface area (Å²) in [6.07, 6.45) is -2.63. The van der Waals surface area contributed by atoms with Crippen LogP contribution in [0.2, 0.25) is 0 Å². The van der Waals surface area contributed by atoms with Gasteiger partial charge in [-0.2, -0.15) is 13.2 Å². The molecule has 1 N–H and O–H groups in total. The molecule has 0 radical (unpaired) electrons. The Balaban J connectivity index is 2.42. The average molecular weight is 289 g/mol. The van der Waals surface area contributed by atoms with E-state index in [0.29, 0.717) is 6.42 Å². The Morgan fingerprint density at radius 2 is 1.90 bits per heavy atom. The molecule has 0 amide bonds. The molecule has 0 fully saturated rings. The third-order valence-corrected chi connectivity index (χ3v) is 2.96. The third kappa shape index (κ3) is 7.50. The molecule has 0 bridgehead atoms. The molecule has 1 unspecified atom stereocenters. The van der Waals surface area contributed by atoms with Crippen molar-refractivity contribution in [1.29, 1.82) is 0 Å². The number of halogens is 3. The highest BCUT2D eigenvalue weighted by Gasteiger charge is 2.27. The molecule has 5 heteroatoms. The first-order valence-corrected chi connectivity index (χ1v) is 6.93. The molecule has 0 spiro atoms. The standard InChI is InChI=1S/C15H22F3NO/c1-2-9-19-11-14(13-6-4-3-5-7-13)8-10-20-12-15(16,17)18/h3-7,14,19H,2,8-12H2,1H3. The van der Waals surface area contributed by atoms with Crippen LogP contribution in [-0.4, -0.2) is 32.5 Å². The zero-order valence-corrected chi connectivity index (χ0v) is 11.7. The summed E-state index contributed by atoms with van der Waals surface area (Å²) in [5, 5.41) is 3.31. The van der Waals surface area contributed by atoms with Crippen molar-refractivity contribution in [3.8, 4) is 0 Å². The van der Waals surface area contributed by atoms with Crippen LogP contribution in [0.1, 0.15) is 31.2 Å². The van der Waals surface area contributed by atoms with Gasteiger partial charge in [-0.25, -0.2) is 0 Å². The minimum Gasteiger partial charge on any atom is -0.372 e. The van der Waals surface area contributed by atoms with Crippen molar-refractivity contribution in [3.05, 3.63) is 35.9 Å². The number of rotatable bonds is 9. The smallest absolute Gasteiger partial charge is 0.372 e. The van der Waals surface area contributed by atoms with Crippen molar-refractivity contribution in [2.24, 2.45) is 0 Å². The van der Waals surface area contributed by atoms with E-state index in [1.807, 2.05) is 30.3 Å². The molecule has 0 aliphatic rings. The van der Waals surface area contributed by atoms with E-state index in [9.17, 15) is 13.2 Å². The molecule has 1 aromatic carbocycles. The maximum absolute atomic E-state index is 12.0. The van der Waals surface area contributed by atoms with E-state index in [1.165, 1.54) is 0 Å². The van der Waals surface area contributed by atoms with Crippen LogP contribution in [0.4, 0.5) is 13.2 Å². The van der Waals surface area contributed by atoms with Gasteiger partial charge in [-0.1, -0.05) is 37.3 Å². The van der Waals surface area contributed by atoms with E-state index in [2.05, 4.69) is 12.2 Å². The first-order chi connectivity index (χ1) is 9.53. The molecule has 0 saturated carbocycles. The molecule has 2 nitrogen and oxygen atoms in total. The fourth-order valence-electron chi connectivity index (χ4n) is 1.98. The number of hydrogen-bond acceptors (Lipinski definition) is 2. The number of ether oxygens (including phenoxy) is 1. The lowest BCUT2D eigenvalue weighted by Gasteiger charge is -2.18. The second-order valence-corrected chi connectivity index (χ2v) is 4.77. The molecule has 0 aliphatic heterocycles. The molecule has 20 heavy (non-hydrogen) atoms. The monoisotopic (exact) mass is 289 g/mol. The number of hydrogen-bond donors (Lipinski definition) is 1. The highest BCUT2D eigenvalue weighted by atomic mass is 19.4. The van der Waals surface area contributed by atoms with Crippen molar-refractivity contribution in [1.82, 2.24) is 5.32 Å². The Morgan fingerprint density at radius 3 is 2.50 bits per heavy atom. The molecule has 1 atom stereocenters. The molecule has 114 valence electrons. The Morgan fingerprint density at radius 1 is 1.20 bits per heavy atom. The van der Waals surface area contributed by atoms with E-state index in [4.69, 9.17) is 4.74 Å². The summed E-state index contributed by atoms with van der Waals surface area (Å²) in [6.45, 7) is 2.70. The SMILES string of the molecule is CCCNCC(CCOCC(F)(F)F)c1ccccc1. The van der Waals surface area contributed by atoms with E-state index < -0.39 is 12.8 Å². The average Bonchev–Trinajstić information content (AvgIpc) is 2.41. The van der Waals surface area contributed by atoms with Crippen LogP contribution in [-0.2, 0) is 4.74 Å². The maximum atomic E-state index is 12.0. The lowest BCUT2D eigenvalue weighted by Crippen LogP contribution is -2.24. The quantitative estimate of drug-likeness (QED) is 0.699. The molecule has 0 aliphatic carbocycles. The van der Waals surface area contributed by atoms with Gasteiger partial charge in [-0.3, -0.25) is 0 Å². The second kappa shape index (κ2) is 8.97. The molecule has 0 aromatic heterocycles. The second-order valence-electron chi connectivity index (χ2n) is 4.77. The Bertz CT molecular complexity index is 354. The van der Waals surface area contributed by atoms with Crippen molar-refractivity contribution in [2.45, 2.75) is 31.9 Å². The molecule has 1 aromatic rings. The van der Waals surface area contributed by atoms with Crippen LogP contribution in [0.15, 0.2) is 30.3 Å². The van der Waals surface area contributed by atoms with Crippen molar-refractivity contribution in [3.63, 3.8) is 0 Å². The zero-order chi connectivity index (χ0) is 14.8. The van der Waals surface area contributed by atoms with Gasteiger partial charge in [-0.15, -0.1) is 0 Å².